The molecule has 0 atom stereocenters. The highest BCUT2D eigenvalue weighted by molar-refractivity contribution is 8.00. The lowest BCUT2D eigenvalue weighted by Crippen LogP contribution is -2.21. The van der Waals surface area contributed by atoms with Crippen LogP contribution >= 0.6 is 23.1 Å². The molecule has 0 spiro atoms. The van der Waals surface area contributed by atoms with Crippen molar-refractivity contribution in [1.82, 2.24) is 15.1 Å². The number of amides is 1. The van der Waals surface area contributed by atoms with E-state index < -0.39 is 0 Å². The highest BCUT2D eigenvalue weighted by Crippen LogP contribution is 2.30. The van der Waals surface area contributed by atoms with Gasteiger partial charge in [0.1, 0.15) is 5.82 Å². The van der Waals surface area contributed by atoms with Crippen molar-refractivity contribution < 1.29 is 9.18 Å². The molecule has 0 aliphatic rings. The lowest BCUT2D eigenvalue weighted by atomic mass is 10.1. The van der Waals surface area contributed by atoms with Crippen molar-refractivity contribution >= 4 is 39.8 Å². The van der Waals surface area contributed by atoms with E-state index in [2.05, 4.69) is 15.5 Å². The number of hydrogen-bond acceptors (Lipinski definition) is 6. The molecule has 5 nitrogen and oxygen atoms in total. The fraction of sp³-hybridized carbons (Fsp3) is 0.167. The molecule has 0 saturated carbocycles. The Morgan fingerprint density at radius 2 is 1.96 bits per heavy atom. The Labute approximate surface area is 159 Å². The number of nitrogens with one attached hydrogen (secondary N) is 1. The average Bonchev–Trinajstić information content (AvgIpc) is 3.07. The van der Waals surface area contributed by atoms with Crippen LogP contribution in [0.4, 0.5) is 15.2 Å². The van der Waals surface area contributed by atoms with Crippen LogP contribution in [0.15, 0.2) is 52.9 Å². The number of thioether (sulfide) groups is 1. The molecule has 0 saturated heterocycles. The van der Waals surface area contributed by atoms with Gasteiger partial charge in [-0.2, -0.15) is 0 Å². The van der Waals surface area contributed by atoms with E-state index in [1.165, 1.54) is 23.5 Å². The van der Waals surface area contributed by atoms with Crippen LogP contribution in [0.3, 0.4) is 0 Å². The molecule has 1 N–H and O–H groups in total. The molecule has 0 fully saturated rings. The summed E-state index contributed by atoms with van der Waals surface area (Å²) in [5.41, 5.74) is 2.40. The standard InChI is InChI=1S/C18H17FN4OS2/c1-23(2)16(24)13-8-6-12(7-9-13)11-25-18-22-21-17(26-18)20-15-5-3-4-14(19)10-15/h3-10H,11H2,1-2H3,(H,20,21). The number of halogens is 1. The molecular weight excluding hydrogens is 371 g/mol. The van der Waals surface area contributed by atoms with Crippen LogP contribution in [-0.4, -0.2) is 35.1 Å². The topological polar surface area (TPSA) is 58.1 Å². The molecule has 8 heteroatoms. The quantitative estimate of drug-likeness (QED) is 0.634. The fourth-order valence-corrected chi connectivity index (χ4v) is 3.88. The van der Waals surface area contributed by atoms with Gasteiger partial charge in [0.05, 0.1) is 0 Å². The molecule has 26 heavy (non-hydrogen) atoms. The van der Waals surface area contributed by atoms with Crippen LogP contribution in [0, 0.1) is 5.82 Å². The molecule has 3 aromatic rings. The molecule has 1 heterocycles. The van der Waals surface area contributed by atoms with Gasteiger partial charge in [-0.05, 0) is 35.9 Å². The van der Waals surface area contributed by atoms with E-state index in [-0.39, 0.29) is 11.7 Å². The Kier molecular flexibility index (Phi) is 5.85. The number of hydrogen-bond donors (Lipinski definition) is 1. The summed E-state index contributed by atoms with van der Waals surface area (Å²) >= 11 is 2.98. The molecule has 0 aliphatic carbocycles. The molecule has 0 bridgehead atoms. The second kappa shape index (κ2) is 8.29. The van der Waals surface area contributed by atoms with Crippen molar-refractivity contribution in [2.45, 2.75) is 10.1 Å². The molecule has 1 amide bonds. The predicted octanol–water partition coefficient (Wildman–Crippen LogP) is 4.41. The van der Waals surface area contributed by atoms with E-state index in [4.69, 9.17) is 0 Å². The average molecular weight is 388 g/mol. The third-order valence-electron chi connectivity index (χ3n) is 3.45. The minimum absolute atomic E-state index is 0.0126. The summed E-state index contributed by atoms with van der Waals surface area (Å²) in [6.07, 6.45) is 0. The molecule has 134 valence electrons. The van der Waals surface area contributed by atoms with E-state index in [1.807, 2.05) is 24.3 Å². The van der Waals surface area contributed by atoms with Crippen molar-refractivity contribution in [3.05, 3.63) is 65.5 Å². The summed E-state index contributed by atoms with van der Waals surface area (Å²) in [6.45, 7) is 0. The maximum Gasteiger partial charge on any atom is 0.253 e. The van der Waals surface area contributed by atoms with Crippen LogP contribution < -0.4 is 5.32 Å². The van der Waals surface area contributed by atoms with Gasteiger partial charge in [-0.15, -0.1) is 10.2 Å². The summed E-state index contributed by atoms with van der Waals surface area (Å²) in [5, 5.41) is 11.9. The van der Waals surface area contributed by atoms with Crippen LogP contribution in [0.2, 0.25) is 0 Å². The Balaban J connectivity index is 1.57. The normalized spacial score (nSPS) is 10.6. The van der Waals surface area contributed by atoms with Gasteiger partial charge in [-0.25, -0.2) is 4.39 Å². The maximum absolute atomic E-state index is 13.2. The fourth-order valence-electron chi connectivity index (χ4n) is 2.16. The smallest absolute Gasteiger partial charge is 0.253 e. The molecular formula is C18H17FN4OS2. The van der Waals surface area contributed by atoms with Crippen molar-refractivity contribution in [1.29, 1.82) is 0 Å². The van der Waals surface area contributed by atoms with E-state index in [0.29, 0.717) is 16.4 Å². The predicted molar refractivity (Wildman–Crippen MR) is 104 cm³/mol. The summed E-state index contributed by atoms with van der Waals surface area (Å²) < 4.78 is 14.0. The Bertz CT molecular complexity index is 896. The summed E-state index contributed by atoms with van der Waals surface area (Å²) in [4.78, 5) is 13.4. The number of anilines is 2. The number of nitrogens with zero attached hydrogens (tertiary/aromatic N) is 3. The van der Waals surface area contributed by atoms with Crippen LogP contribution in [0.25, 0.3) is 0 Å². The van der Waals surface area contributed by atoms with Gasteiger partial charge < -0.3 is 10.2 Å². The molecule has 1 aromatic heterocycles. The van der Waals surface area contributed by atoms with E-state index in [0.717, 1.165) is 15.7 Å². The zero-order valence-corrected chi connectivity index (χ0v) is 15.9. The van der Waals surface area contributed by atoms with Crippen LogP contribution in [0.1, 0.15) is 15.9 Å². The van der Waals surface area contributed by atoms with Crippen molar-refractivity contribution in [3.8, 4) is 0 Å². The SMILES string of the molecule is CN(C)C(=O)c1ccc(CSc2nnc(Nc3cccc(F)c3)s2)cc1. The zero-order chi connectivity index (χ0) is 18.5. The van der Waals surface area contributed by atoms with E-state index in [1.54, 1.807) is 42.9 Å². The highest BCUT2D eigenvalue weighted by atomic mass is 32.2. The van der Waals surface area contributed by atoms with Gasteiger partial charge in [-0.1, -0.05) is 41.3 Å². The number of carbonyl (C=O) groups excluding carboxylic acids is 1. The second-order valence-corrected chi connectivity index (χ2v) is 7.89. The first-order chi connectivity index (χ1) is 12.5. The van der Waals surface area contributed by atoms with Crippen molar-refractivity contribution in [2.24, 2.45) is 0 Å². The third-order valence-corrected chi connectivity index (χ3v) is 5.49. The third kappa shape index (κ3) is 4.80. The molecule has 3 rings (SSSR count). The lowest BCUT2D eigenvalue weighted by Gasteiger charge is -2.10. The summed E-state index contributed by atoms with van der Waals surface area (Å²) in [6, 6.07) is 13.7. The first-order valence-electron chi connectivity index (χ1n) is 7.81. The molecule has 0 aliphatic heterocycles. The lowest BCUT2D eigenvalue weighted by molar-refractivity contribution is 0.0827. The first kappa shape index (κ1) is 18.3. The summed E-state index contributed by atoms with van der Waals surface area (Å²) in [5.74, 6) is 0.414. The monoisotopic (exact) mass is 388 g/mol. The number of benzene rings is 2. The minimum atomic E-state index is -0.301. The highest BCUT2D eigenvalue weighted by Gasteiger charge is 2.09. The van der Waals surface area contributed by atoms with E-state index in [9.17, 15) is 9.18 Å². The second-order valence-electron chi connectivity index (χ2n) is 5.69. The van der Waals surface area contributed by atoms with Gasteiger partial charge in [0.15, 0.2) is 4.34 Å². The number of rotatable bonds is 6. The Hall–Kier alpha value is -2.45. The van der Waals surface area contributed by atoms with Gasteiger partial charge in [0.2, 0.25) is 5.13 Å². The number of carbonyl (C=O) groups is 1. The van der Waals surface area contributed by atoms with Gasteiger partial charge in [0, 0.05) is 31.1 Å². The Morgan fingerprint density at radius 1 is 1.19 bits per heavy atom. The number of aromatic nitrogens is 2. The van der Waals surface area contributed by atoms with E-state index >= 15 is 0 Å². The van der Waals surface area contributed by atoms with Crippen LogP contribution in [0.5, 0.6) is 0 Å². The molecule has 0 radical (unpaired) electrons. The molecule has 2 aromatic carbocycles. The zero-order valence-electron chi connectivity index (χ0n) is 14.3. The minimum Gasteiger partial charge on any atom is -0.345 e. The van der Waals surface area contributed by atoms with Gasteiger partial charge in [0.25, 0.3) is 5.91 Å². The largest absolute Gasteiger partial charge is 0.345 e. The molecule has 0 unspecified atom stereocenters. The summed E-state index contributed by atoms with van der Waals surface area (Å²) in [7, 11) is 3.47. The Morgan fingerprint density at radius 3 is 2.65 bits per heavy atom. The van der Waals surface area contributed by atoms with Crippen molar-refractivity contribution in [2.75, 3.05) is 19.4 Å². The van der Waals surface area contributed by atoms with Crippen molar-refractivity contribution in [3.63, 3.8) is 0 Å². The maximum atomic E-state index is 13.2. The van der Waals surface area contributed by atoms with Gasteiger partial charge in [-0.3, -0.25) is 4.79 Å². The van der Waals surface area contributed by atoms with Gasteiger partial charge >= 0.3 is 0 Å². The first-order valence-corrected chi connectivity index (χ1v) is 9.61. The van der Waals surface area contributed by atoms with Crippen LogP contribution in [-0.2, 0) is 5.75 Å².